The summed E-state index contributed by atoms with van der Waals surface area (Å²) in [6.07, 6.45) is 1.59. The molecule has 0 radical (unpaired) electrons. The molecule has 90 valence electrons. The molecule has 0 aliphatic rings. The first-order chi connectivity index (χ1) is 8.75. The molecule has 0 atom stereocenters. The summed E-state index contributed by atoms with van der Waals surface area (Å²) in [5, 5.41) is 3.88. The molecular weight excluding hydrogens is 226 g/mol. The van der Waals surface area contributed by atoms with E-state index in [0.29, 0.717) is 11.3 Å². The molecule has 0 fully saturated rings. The minimum atomic E-state index is -0.283. The number of nitrogens with two attached hydrogens (primary N) is 1. The molecular formula is C14H13N3O. The number of hydrogen-bond donors (Lipinski definition) is 2. The zero-order valence-electron chi connectivity index (χ0n) is 9.71. The van der Waals surface area contributed by atoms with E-state index < -0.39 is 0 Å². The number of carbonyl (C=O) groups excluding carboxylic acids is 1. The highest BCUT2D eigenvalue weighted by molar-refractivity contribution is 5.95. The van der Waals surface area contributed by atoms with Crippen molar-refractivity contribution in [2.45, 2.75) is 0 Å². The average molecular weight is 239 g/mol. The van der Waals surface area contributed by atoms with Crippen molar-refractivity contribution in [3.8, 4) is 0 Å². The highest BCUT2D eigenvalue weighted by Gasteiger charge is 2.03. The number of nitrogen functional groups attached to an aromatic ring is 1. The molecule has 0 unspecified atom stereocenters. The van der Waals surface area contributed by atoms with Gasteiger partial charge in [0.15, 0.2) is 0 Å². The van der Waals surface area contributed by atoms with Gasteiger partial charge in [0.2, 0.25) is 0 Å². The van der Waals surface area contributed by atoms with Crippen molar-refractivity contribution in [1.82, 2.24) is 5.43 Å². The molecule has 2 aromatic rings. The Hall–Kier alpha value is -2.62. The van der Waals surface area contributed by atoms with E-state index in [0.717, 1.165) is 5.56 Å². The zero-order chi connectivity index (χ0) is 12.8. The average Bonchev–Trinajstić information content (AvgIpc) is 2.40. The first-order valence-electron chi connectivity index (χ1n) is 5.50. The van der Waals surface area contributed by atoms with E-state index in [9.17, 15) is 4.79 Å². The van der Waals surface area contributed by atoms with Gasteiger partial charge in [-0.2, -0.15) is 5.10 Å². The van der Waals surface area contributed by atoms with Crippen LogP contribution in [0.25, 0.3) is 0 Å². The lowest BCUT2D eigenvalue weighted by atomic mass is 10.2. The van der Waals surface area contributed by atoms with Crippen molar-refractivity contribution < 1.29 is 4.79 Å². The molecule has 3 N–H and O–H groups in total. The van der Waals surface area contributed by atoms with Crippen molar-refractivity contribution in [1.29, 1.82) is 0 Å². The van der Waals surface area contributed by atoms with E-state index in [2.05, 4.69) is 10.5 Å². The third-order valence-corrected chi connectivity index (χ3v) is 2.33. The first kappa shape index (κ1) is 11.9. The van der Waals surface area contributed by atoms with Crippen LogP contribution in [-0.4, -0.2) is 12.1 Å². The van der Waals surface area contributed by atoms with Crippen LogP contribution in [0.5, 0.6) is 0 Å². The van der Waals surface area contributed by atoms with Crippen LogP contribution < -0.4 is 11.2 Å². The number of benzene rings is 2. The van der Waals surface area contributed by atoms with Crippen LogP contribution >= 0.6 is 0 Å². The second kappa shape index (κ2) is 5.63. The first-order valence-corrected chi connectivity index (χ1v) is 5.50. The van der Waals surface area contributed by atoms with Gasteiger partial charge in [-0.05, 0) is 23.8 Å². The minimum absolute atomic E-state index is 0.283. The molecule has 0 saturated carbocycles. The lowest BCUT2D eigenvalue weighted by molar-refractivity contribution is 0.0955. The quantitative estimate of drug-likeness (QED) is 0.489. The molecule has 4 nitrogen and oxygen atoms in total. The van der Waals surface area contributed by atoms with Gasteiger partial charge in [-0.15, -0.1) is 0 Å². The molecule has 18 heavy (non-hydrogen) atoms. The Kier molecular flexibility index (Phi) is 3.71. The maximum absolute atomic E-state index is 11.7. The maximum atomic E-state index is 11.7. The van der Waals surface area contributed by atoms with E-state index in [1.54, 1.807) is 30.5 Å². The molecule has 2 rings (SSSR count). The number of hydrogen-bond acceptors (Lipinski definition) is 3. The van der Waals surface area contributed by atoms with Crippen LogP contribution in [0.1, 0.15) is 15.9 Å². The summed E-state index contributed by atoms with van der Waals surface area (Å²) in [6.45, 7) is 0. The van der Waals surface area contributed by atoms with Crippen molar-refractivity contribution in [3.63, 3.8) is 0 Å². The summed E-state index contributed by atoms with van der Waals surface area (Å²) in [7, 11) is 0. The van der Waals surface area contributed by atoms with Gasteiger partial charge >= 0.3 is 0 Å². The zero-order valence-corrected chi connectivity index (χ0v) is 9.71. The van der Waals surface area contributed by atoms with E-state index >= 15 is 0 Å². The molecule has 0 spiro atoms. The molecule has 4 heteroatoms. The molecule has 1 amide bonds. The predicted octanol–water partition coefficient (Wildman–Crippen LogP) is 2.03. The Labute approximate surface area is 105 Å². The maximum Gasteiger partial charge on any atom is 0.271 e. The summed E-state index contributed by atoms with van der Waals surface area (Å²) < 4.78 is 0. The van der Waals surface area contributed by atoms with Crippen molar-refractivity contribution in [3.05, 3.63) is 65.7 Å². The van der Waals surface area contributed by atoms with Gasteiger partial charge in [0.05, 0.1) is 6.21 Å². The SMILES string of the molecule is Nc1cccc(C(=O)NN=Cc2ccccc2)c1. The molecule has 0 saturated heterocycles. The van der Waals surface area contributed by atoms with Crippen LogP contribution in [0.3, 0.4) is 0 Å². The fourth-order valence-corrected chi connectivity index (χ4v) is 1.45. The molecule has 0 bridgehead atoms. The van der Waals surface area contributed by atoms with Crippen molar-refractivity contribution in [2.75, 3.05) is 5.73 Å². The summed E-state index contributed by atoms with van der Waals surface area (Å²) in [4.78, 5) is 11.7. The summed E-state index contributed by atoms with van der Waals surface area (Å²) in [5.74, 6) is -0.283. The fourth-order valence-electron chi connectivity index (χ4n) is 1.45. The van der Waals surface area contributed by atoms with Gasteiger partial charge in [-0.25, -0.2) is 5.43 Å². The van der Waals surface area contributed by atoms with Gasteiger partial charge in [-0.3, -0.25) is 4.79 Å². The Morgan fingerprint density at radius 2 is 1.89 bits per heavy atom. The van der Waals surface area contributed by atoms with Crippen molar-refractivity contribution in [2.24, 2.45) is 5.10 Å². The Bertz CT molecular complexity index is 564. The number of nitrogens with one attached hydrogen (secondary N) is 1. The Morgan fingerprint density at radius 3 is 2.61 bits per heavy atom. The number of nitrogens with zero attached hydrogens (tertiary/aromatic N) is 1. The minimum Gasteiger partial charge on any atom is -0.399 e. The topological polar surface area (TPSA) is 67.5 Å². The lowest BCUT2D eigenvalue weighted by Crippen LogP contribution is -2.17. The van der Waals surface area contributed by atoms with Crippen molar-refractivity contribution >= 4 is 17.8 Å². The van der Waals surface area contributed by atoms with E-state index in [4.69, 9.17) is 5.73 Å². The predicted molar refractivity (Wildman–Crippen MR) is 72.4 cm³/mol. The summed E-state index contributed by atoms with van der Waals surface area (Å²) in [6, 6.07) is 16.3. The molecule has 0 heterocycles. The van der Waals surface area contributed by atoms with Crippen LogP contribution in [0.2, 0.25) is 0 Å². The van der Waals surface area contributed by atoms with E-state index in [-0.39, 0.29) is 5.91 Å². The normalized spacial score (nSPS) is 10.4. The number of rotatable bonds is 3. The smallest absolute Gasteiger partial charge is 0.271 e. The van der Waals surface area contributed by atoms with Crippen LogP contribution in [0.4, 0.5) is 5.69 Å². The molecule has 0 aromatic heterocycles. The fraction of sp³-hybridized carbons (Fsp3) is 0. The monoisotopic (exact) mass is 239 g/mol. The van der Waals surface area contributed by atoms with Crippen LogP contribution in [0.15, 0.2) is 59.7 Å². The molecule has 0 aliphatic carbocycles. The largest absolute Gasteiger partial charge is 0.399 e. The third-order valence-electron chi connectivity index (χ3n) is 2.33. The summed E-state index contributed by atoms with van der Waals surface area (Å²) in [5.41, 5.74) is 10.0. The van der Waals surface area contributed by atoms with Gasteiger partial charge in [0.25, 0.3) is 5.91 Å². The van der Waals surface area contributed by atoms with Crippen LogP contribution in [-0.2, 0) is 0 Å². The Morgan fingerprint density at radius 1 is 1.11 bits per heavy atom. The van der Waals surface area contributed by atoms with Crippen LogP contribution in [0, 0.1) is 0 Å². The Balaban J connectivity index is 1.99. The van der Waals surface area contributed by atoms with Gasteiger partial charge < -0.3 is 5.73 Å². The number of amides is 1. The highest BCUT2D eigenvalue weighted by atomic mass is 16.2. The van der Waals surface area contributed by atoms with Gasteiger partial charge in [0, 0.05) is 11.3 Å². The summed E-state index contributed by atoms with van der Waals surface area (Å²) >= 11 is 0. The van der Waals surface area contributed by atoms with E-state index in [1.807, 2.05) is 30.3 Å². The van der Waals surface area contributed by atoms with Gasteiger partial charge in [0.1, 0.15) is 0 Å². The number of carbonyl (C=O) groups is 1. The molecule has 0 aliphatic heterocycles. The van der Waals surface area contributed by atoms with Gasteiger partial charge in [-0.1, -0.05) is 36.4 Å². The number of hydrazone groups is 1. The molecule has 2 aromatic carbocycles. The van der Waals surface area contributed by atoms with E-state index in [1.165, 1.54) is 0 Å². The second-order valence-electron chi connectivity index (χ2n) is 3.74. The standard InChI is InChI=1S/C14H13N3O/c15-13-8-4-7-12(9-13)14(18)17-16-10-11-5-2-1-3-6-11/h1-10H,15H2,(H,17,18). The third kappa shape index (κ3) is 3.18. The second-order valence-corrected chi connectivity index (χ2v) is 3.74. The number of anilines is 1. The lowest BCUT2D eigenvalue weighted by Gasteiger charge is -2.00. The highest BCUT2D eigenvalue weighted by Crippen LogP contribution is 2.05.